The van der Waals surface area contributed by atoms with Crippen LogP contribution in [-0.2, 0) is 13.1 Å². The molecule has 1 amide bonds. The summed E-state index contributed by atoms with van der Waals surface area (Å²) in [7, 11) is 5.41. The molecule has 0 spiro atoms. The second kappa shape index (κ2) is 11.2. The zero-order valence-corrected chi connectivity index (χ0v) is 19.0. The first-order chi connectivity index (χ1) is 12.0. The molecule has 2 N–H and O–H groups in total. The van der Waals surface area contributed by atoms with Crippen LogP contribution in [0.1, 0.15) is 21.5 Å². The van der Waals surface area contributed by atoms with Crippen LogP contribution in [0.15, 0.2) is 58.0 Å². The molecule has 2 aromatic carbocycles. The number of halogens is 2. The molecule has 0 heterocycles. The van der Waals surface area contributed by atoms with Gasteiger partial charge in [-0.3, -0.25) is 9.79 Å². The van der Waals surface area contributed by atoms with E-state index >= 15 is 0 Å². The van der Waals surface area contributed by atoms with Gasteiger partial charge in [0.15, 0.2) is 5.96 Å². The first-order valence-corrected chi connectivity index (χ1v) is 8.80. The highest BCUT2D eigenvalue weighted by Gasteiger charge is 2.07. The number of carbonyl (C=O) groups excluding carboxylic acids is 1. The van der Waals surface area contributed by atoms with Crippen LogP contribution in [0.2, 0.25) is 0 Å². The predicted octanol–water partition coefficient (Wildman–Crippen LogP) is 3.63. The summed E-state index contributed by atoms with van der Waals surface area (Å²) in [5.74, 6) is 0.739. The summed E-state index contributed by atoms with van der Waals surface area (Å²) in [6, 6.07) is 15.8. The minimum absolute atomic E-state index is 0. The van der Waals surface area contributed by atoms with Crippen molar-refractivity contribution < 1.29 is 4.79 Å². The highest BCUT2D eigenvalue weighted by molar-refractivity contribution is 14.0. The molecule has 0 fully saturated rings. The van der Waals surface area contributed by atoms with Crippen molar-refractivity contribution in [2.24, 2.45) is 4.99 Å². The number of nitrogens with zero attached hydrogens (tertiary/aromatic N) is 2. The Labute approximate surface area is 180 Å². The molecule has 2 rings (SSSR count). The Bertz CT molecular complexity index is 732. The lowest BCUT2D eigenvalue weighted by atomic mass is 10.1. The fraction of sp³-hybridized carbons (Fsp3) is 0.263. The quantitative estimate of drug-likeness (QED) is 0.352. The number of rotatable bonds is 5. The molecule has 0 unspecified atom stereocenters. The van der Waals surface area contributed by atoms with Gasteiger partial charge in [0, 0.05) is 44.3 Å². The van der Waals surface area contributed by atoms with Crippen molar-refractivity contribution >= 4 is 51.8 Å². The summed E-state index contributed by atoms with van der Waals surface area (Å²) in [6.45, 7) is 1.41. The van der Waals surface area contributed by atoms with Gasteiger partial charge in [0.25, 0.3) is 5.91 Å². The monoisotopic (exact) mass is 530 g/mol. The topological polar surface area (TPSA) is 56.7 Å². The van der Waals surface area contributed by atoms with Gasteiger partial charge in [-0.2, -0.15) is 0 Å². The largest absolute Gasteiger partial charge is 0.355 e. The Morgan fingerprint density at radius 2 is 1.65 bits per heavy atom. The van der Waals surface area contributed by atoms with Crippen LogP contribution < -0.4 is 10.6 Å². The lowest BCUT2D eigenvalue weighted by molar-refractivity contribution is 0.0963. The zero-order valence-electron chi connectivity index (χ0n) is 15.1. The van der Waals surface area contributed by atoms with E-state index in [1.54, 1.807) is 14.1 Å². The van der Waals surface area contributed by atoms with Crippen LogP contribution in [-0.4, -0.2) is 37.9 Å². The lowest BCUT2D eigenvalue weighted by Gasteiger charge is -2.22. The Kier molecular flexibility index (Phi) is 9.64. The minimum Gasteiger partial charge on any atom is -0.355 e. The maximum atomic E-state index is 11.6. The molecule has 0 bridgehead atoms. The number of guanidine groups is 1. The Hall–Kier alpha value is -1.61. The van der Waals surface area contributed by atoms with Crippen LogP contribution in [0, 0.1) is 0 Å². The molecule has 0 radical (unpaired) electrons. The lowest BCUT2D eigenvalue weighted by Crippen LogP contribution is -2.38. The zero-order chi connectivity index (χ0) is 18.2. The summed E-state index contributed by atoms with van der Waals surface area (Å²) in [5.41, 5.74) is 2.96. The van der Waals surface area contributed by atoms with E-state index < -0.39 is 0 Å². The van der Waals surface area contributed by atoms with E-state index in [0.29, 0.717) is 12.1 Å². The molecule has 0 aliphatic rings. The van der Waals surface area contributed by atoms with Crippen LogP contribution in [0.5, 0.6) is 0 Å². The molecule has 2 aromatic rings. The first kappa shape index (κ1) is 22.4. The van der Waals surface area contributed by atoms with Gasteiger partial charge in [0.05, 0.1) is 0 Å². The van der Waals surface area contributed by atoms with Crippen molar-refractivity contribution in [3.05, 3.63) is 69.7 Å². The fourth-order valence-corrected chi connectivity index (χ4v) is 2.69. The minimum atomic E-state index is -0.0791. The number of aliphatic imine (C=N–C) groups is 1. The number of carbonyl (C=O) groups is 1. The normalized spacial score (nSPS) is 10.7. The molecule has 5 nitrogen and oxygen atoms in total. The van der Waals surface area contributed by atoms with Gasteiger partial charge in [0.1, 0.15) is 0 Å². The van der Waals surface area contributed by atoms with E-state index in [9.17, 15) is 4.79 Å². The van der Waals surface area contributed by atoms with Crippen LogP contribution >= 0.6 is 39.9 Å². The fourth-order valence-electron chi connectivity index (χ4n) is 2.42. The van der Waals surface area contributed by atoms with E-state index in [4.69, 9.17) is 0 Å². The van der Waals surface area contributed by atoms with Crippen molar-refractivity contribution in [1.29, 1.82) is 0 Å². The maximum Gasteiger partial charge on any atom is 0.251 e. The summed E-state index contributed by atoms with van der Waals surface area (Å²) in [5, 5.41) is 5.96. The molecule has 0 saturated heterocycles. The summed E-state index contributed by atoms with van der Waals surface area (Å²) in [4.78, 5) is 18.0. The molecular weight excluding hydrogens is 507 g/mol. The molecule has 0 aliphatic carbocycles. The maximum absolute atomic E-state index is 11.6. The third kappa shape index (κ3) is 6.60. The molecule has 0 aromatic heterocycles. The van der Waals surface area contributed by atoms with Crippen LogP contribution in [0.4, 0.5) is 0 Å². The van der Waals surface area contributed by atoms with Gasteiger partial charge in [-0.15, -0.1) is 24.0 Å². The van der Waals surface area contributed by atoms with Gasteiger partial charge >= 0.3 is 0 Å². The second-order valence-electron chi connectivity index (χ2n) is 5.66. The summed E-state index contributed by atoms with van der Waals surface area (Å²) < 4.78 is 1.07. The van der Waals surface area contributed by atoms with E-state index in [1.165, 1.54) is 5.56 Å². The summed E-state index contributed by atoms with van der Waals surface area (Å²) >= 11 is 3.45. The Balaban J connectivity index is 0.00000338. The van der Waals surface area contributed by atoms with Crippen molar-refractivity contribution in [2.45, 2.75) is 13.1 Å². The van der Waals surface area contributed by atoms with Crippen LogP contribution in [0.25, 0.3) is 0 Å². The number of nitrogens with one attached hydrogen (secondary N) is 2. The van der Waals surface area contributed by atoms with E-state index in [2.05, 4.69) is 48.6 Å². The van der Waals surface area contributed by atoms with E-state index in [-0.39, 0.29) is 29.9 Å². The number of hydrogen-bond donors (Lipinski definition) is 2. The predicted molar refractivity (Wildman–Crippen MR) is 121 cm³/mol. The van der Waals surface area contributed by atoms with Crippen LogP contribution in [0.3, 0.4) is 0 Å². The summed E-state index contributed by atoms with van der Waals surface area (Å²) in [6.07, 6.45) is 0. The van der Waals surface area contributed by atoms with Crippen molar-refractivity contribution in [3.63, 3.8) is 0 Å². The molecule has 26 heavy (non-hydrogen) atoms. The van der Waals surface area contributed by atoms with Gasteiger partial charge in [0.2, 0.25) is 0 Å². The molecule has 0 saturated carbocycles. The standard InChI is InChI=1S/C19H23BrN4O.HI/c1-21-18(25)16-8-4-14(5-9-16)12-23-19(22-2)24(3)13-15-6-10-17(20)11-7-15;/h4-11H,12-13H2,1-3H3,(H,21,25)(H,22,23);1H. The molecule has 140 valence electrons. The first-order valence-electron chi connectivity index (χ1n) is 8.00. The third-order valence-corrected chi connectivity index (χ3v) is 4.33. The number of benzene rings is 2. The average molecular weight is 531 g/mol. The Morgan fingerprint density at radius 1 is 1.08 bits per heavy atom. The van der Waals surface area contributed by atoms with Gasteiger partial charge in [-0.1, -0.05) is 40.2 Å². The highest BCUT2D eigenvalue weighted by Crippen LogP contribution is 2.12. The molecule has 0 atom stereocenters. The smallest absolute Gasteiger partial charge is 0.251 e. The van der Waals surface area contributed by atoms with Crippen molar-refractivity contribution in [1.82, 2.24) is 15.5 Å². The van der Waals surface area contributed by atoms with Gasteiger partial charge < -0.3 is 15.5 Å². The van der Waals surface area contributed by atoms with E-state index in [1.807, 2.05) is 43.4 Å². The van der Waals surface area contributed by atoms with E-state index in [0.717, 1.165) is 22.5 Å². The third-order valence-electron chi connectivity index (χ3n) is 3.80. The van der Waals surface area contributed by atoms with Gasteiger partial charge in [-0.25, -0.2) is 0 Å². The highest BCUT2D eigenvalue weighted by atomic mass is 127. The number of amides is 1. The molecule has 0 aliphatic heterocycles. The molecule has 7 heteroatoms. The van der Waals surface area contributed by atoms with Crippen molar-refractivity contribution in [2.75, 3.05) is 21.1 Å². The average Bonchev–Trinajstić information content (AvgIpc) is 2.64. The van der Waals surface area contributed by atoms with Crippen molar-refractivity contribution in [3.8, 4) is 0 Å². The molecular formula is C19H24BrIN4O. The second-order valence-corrected chi connectivity index (χ2v) is 6.58. The Morgan fingerprint density at radius 3 is 2.19 bits per heavy atom. The van der Waals surface area contributed by atoms with Gasteiger partial charge in [-0.05, 0) is 35.4 Å². The number of hydrogen-bond acceptors (Lipinski definition) is 2. The SMILES string of the molecule is CN=C(NCc1ccc(C(=O)NC)cc1)N(C)Cc1ccc(Br)cc1.I.